The Morgan fingerprint density at radius 2 is 1.43 bits per heavy atom. The molecule has 0 amide bonds. The second-order valence-electron chi connectivity index (χ2n) is 5.85. The van der Waals surface area contributed by atoms with Crippen LogP contribution in [0.15, 0.2) is 60.7 Å². The molecule has 1 N–H and O–H groups in total. The van der Waals surface area contributed by atoms with Crippen molar-refractivity contribution in [1.29, 1.82) is 0 Å². The minimum absolute atomic E-state index is 0.313. The highest BCUT2D eigenvalue weighted by Crippen LogP contribution is 2.23. The summed E-state index contributed by atoms with van der Waals surface area (Å²) < 4.78 is 0. The fourth-order valence-electron chi connectivity index (χ4n) is 3.09. The van der Waals surface area contributed by atoms with Crippen LogP contribution < -0.4 is 9.80 Å². The summed E-state index contributed by atoms with van der Waals surface area (Å²) in [7, 11) is 0. The first-order chi connectivity index (χ1) is 11.3. The third kappa shape index (κ3) is 2.80. The molecule has 1 aromatic heterocycles. The number of para-hydroxylation sites is 1. The molecule has 4 rings (SSSR count). The smallest absolute Gasteiger partial charge is 0.129 e. The van der Waals surface area contributed by atoms with Crippen molar-refractivity contribution in [3.05, 3.63) is 60.7 Å². The number of fused-ring (bicyclic) bond motifs is 1. The summed E-state index contributed by atoms with van der Waals surface area (Å²) in [5, 5.41) is 10.6. The molecule has 1 fully saturated rings. The van der Waals surface area contributed by atoms with E-state index in [1.165, 1.54) is 5.39 Å². The van der Waals surface area contributed by atoms with E-state index in [4.69, 9.17) is 4.98 Å². The summed E-state index contributed by atoms with van der Waals surface area (Å²) in [5.74, 6) is 1.36. The van der Waals surface area contributed by atoms with Gasteiger partial charge < -0.3 is 14.9 Å². The number of aromatic hydroxyl groups is 1. The number of hydrogen-bond acceptors (Lipinski definition) is 4. The lowest BCUT2D eigenvalue weighted by Crippen LogP contribution is -2.46. The number of nitrogens with zero attached hydrogens (tertiary/aromatic N) is 3. The van der Waals surface area contributed by atoms with Gasteiger partial charge in [-0.2, -0.15) is 0 Å². The largest absolute Gasteiger partial charge is 0.508 e. The zero-order valence-corrected chi connectivity index (χ0v) is 12.9. The first-order valence-electron chi connectivity index (χ1n) is 7.94. The van der Waals surface area contributed by atoms with Gasteiger partial charge in [-0.3, -0.25) is 0 Å². The van der Waals surface area contributed by atoms with Gasteiger partial charge in [0, 0.05) is 37.3 Å². The van der Waals surface area contributed by atoms with E-state index in [9.17, 15) is 5.11 Å². The molecule has 0 bridgehead atoms. The van der Waals surface area contributed by atoms with Gasteiger partial charge in [-0.1, -0.05) is 18.2 Å². The van der Waals surface area contributed by atoms with Gasteiger partial charge in [-0.25, -0.2) is 4.98 Å². The van der Waals surface area contributed by atoms with Gasteiger partial charge in [-0.15, -0.1) is 0 Å². The zero-order valence-electron chi connectivity index (χ0n) is 12.9. The number of rotatable bonds is 2. The molecule has 0 radical (unpaired) electrons. The van der Waals surface area contributed by atoms with Crippen LogP contribution in [0, 0.1) is 0 Å². The molecule has 0 atom stereocenters. The minimum atomic E-state index is 0.313. The molecule has 4 nitrogen and oxygen atoms in total. The molecule has 23 heavy (non-hydrogen) atoms. The van der Waals surface area contributed by atoms with E-state index in [1.807, 2.05) is 24.3 Å². The molecule has 0 saturated carbocycles. The highest BCUT2D eigenvalue weighted by Gasteiger charge is 2.18. The number of benzene rings is 2. The van der Waals surface area contributed by atoms with Crippen molar-refractivity contribution >= 4 is 22.4 Å². The summed E-state index contributed by atoms with van der Waals surface area (Å²) in [6, 6.07) is 19.9. The molecule has 1 saturated heterocycles. The molecule has 0 spiro atoms. The second-order valence-corrected chi connectivity index (χ2v) is 5.85. The first-order valence-corrected chi connectivity index (χ1v) is 7.94. The van der Waals surface area contributed by atoms with Crippen LogP contribution in [-0.4, -0.2) is 36.3 Å². The van der Waals surface area contributed by atoms with Gasteiger partial charge in [0.2, 0.25) is 0 Å². The lowest BCUT2D eigenvalue weighted by atomic mass is 10.2. The number of anilines is 2. The maximum Gasteiger partial charge on any atom is 0.129 e. The standard InChI is InChI=1S/C19H19N3O/c23-17-8-6-16(7-9-17)21-11-13-22(14-12-21)19-10-5-15-3-1-2-4-18(15)20-19/h1-10,23H,11-14H2. The average Bonchev–Trinajstić information content (AvgIpc) is 2.62. The van der Waals surface area contributed by atoms with E-state index in [-0.39, 0.29) is 0 Å². The van der Waals surface area contributed by atoms with E-state index in [1.54, 1.807) is 12.1 Å². The van der Waals surface area contributed by atoms with Crippen LogP contribution >= 0.6 is 0 Å². The second kappa shape index (κ2) is 5.80. The van der Waals surface area contributed by atoms with Gasteiger partial charge in [-0.05, 0) is 42.5 Å². The summed E-state index contributed by atoms with van der Waals surface area (Å²) in [6.07, 6.45) is 0. The molecule has 2 aromatic carbocycles. The van der Waals surface area contributed by atoms with E-state index in [0.29, 0.717) is 5.75 Å². The topological polar surface area (TPSA) is 39.6 Å². The number of phenolic OH excluding ortho intramolecular Hbond substituents is 1. The molecular formula is C19H19N3O. The van der Waals surface area contributed by atoms with E-state index >= 15 is 0 Å². The number of pyridine rings is 1. The fraction of sp³-hybridized carbons (Fsp3) is 0.211. The molecule has 1 aliphatic heterocycles. The third-order valence-electron chi connectivity index (χ3n) is 4.40. The van der Waals surface area contributed by atoms with Crippen LogP contribution in [0.3, 0.4) is 0 Å². The molecular weight excluding hydrogens is 286 g/mol. The van der Waals surface area contributed by atoms with E-state index in [2.05, 4.69) is 34.1 Å². The molecule has 0 unspecified atom stereocenters. The lowest BCUT2D eigenvalue weighted by Gasteiger charge is -2.36. The predicted molar refractivity (Wildman–Crippen MR) is 94.3 cm³/mol. The van der Waals surface area contributed by atoms with Crippen LogP contribution in [0.5, 0.6) is 5.75 Å². The summed E-state index contributed by atoms with van der Waals surface area (Å²) >= 11 is 0. The van der Waals surface area contributed by atoms with E-state index < -0.39 is 0 Å². The van der Waals surface area contributed by atoms with Crippen LogP contribution in [0.1, 0.15) is 0 Å². The Kier molecular flexibility index (Phi) is 3.50. The molecule has 116 valence electrons. The monoisotopic (exact) mass is 305 g/mol. The van der Waals surface area contributed by atoms with Crippen molar-refractivity contribution in [2.24, 2.45) is 0 Å². The Labute approximate surface area is 135 Å². The summed E-state index contributed by atoms with van der Waals surface area (Å²) in [4.78, 5) is 9.46. The maximum atomic E-state index is 9.40. The summed E-state index contributed by atoms with van der Waals surface area (Å²) in [5.41, 5.74) is 2.21. The Morgan fingerprint density at radius 1 is 0.739 bits per heavy atom. The normalized spacial score (nSPS) is 15.1. The van der Waals surface area contributed by atoms with Crippen LogP contribution in [-0.2, 0) is 0 Å². The molecule has 4 heteroatoms. The van der Waals surface area contributed by atoms with Gasteiger partial charge in [0.25, 0.3) is 0 Å². The van der Waals surface area contributed by atoms with Gasteiger partial charge in [0.05, 0.1) is 5.52 Å². The van der Waals surface area contributed by atoms with Crippen LogP contribution in [0.4, 0.5) is 11.5 Å². The van der Waals surface area contributed by atoms with Crippen molar-refractivity contribution in [2.75, 3.05) is 36.0 Å². The number of aromatic nitrogens is 1. The summed E-state index contributed by atoms with van der Waals surface area (Å²) in [6.45, 7) is 3.82. The van der Waals surface area contributed by atoms with Crippen molar-refractivity contribution in [2.45, 2.75) is 0 Å². The molecule has 1 aliphatic rings. The quantitative estimate of drug-likeness (QED) is 0.789. The lowest BCUT2D eigenvalue weighted by molar-refractivity contribution is 0.475. The van der Waals surface area contributed by atoms with Crippen LogP contribution in [0.2, 0.25) is 0 Å². The maximum absolute atomic E-state index is 9.40. The van der Waals surface area contributed by atoms with Gasteiger partial charge in [0.15, 0.2) is 0 Å². The van der Waals surface area contributed by atoms with E-state index in [0.717, 1.165) is 43.2 Å². The number of hydrogen-bond donors (Lipinski definition) is 1. The van der Waals surface area contributed by atoms with Crippen molar-refractivity contribution in [3.63, 3.8) is 0 Å². The Morgan fingerprint density at radius 3 is 2.22 bits per heavy atom. The first kappa shape index (κ1) is 13.9. The Balaban J connectivity index is 1.49. The Bertz CT molecular complexity index is 808. The predicted octanol–water partition coefficient (Wildman–Crippen LogP) is 3.27. The highest BCUT2D eigenvalue weighted by molar-refractivity contribution is 5.80. The highest BCUT2D eigenvalue weighted by atomic mass is 16.3. The molecule has 2 heterocycles. The average molecular weight is 305 g/mol. The number of phenols is 1. The fourth-order valence-corrected chi connectivity index (χ4v) is 3.09. The molecule has 0 aliphatic carbocycles. The van der Waals surface area contributed by atoms with Crippen molar-refractivity contribution in [1.82, 2.24) is 4.98 Å². The van der Waals surface area contributed by atoms with Gasteiger partial charge in [0.1, 0.15) is 11.6 Å². The molecule has 3 aromatic rings. The van der Waals surface area contributed by atoms with Gasteiger partial charge >= 0.3 is 0 Å². The SMILES string of the molecule is Oc1ccc(N2CCN(c3ccc4ccccc4n3)CC2)cc1. The third-order valence-corrected chi connectivity index (χ3v) is 4.40. The zero-order chi connectivity index (χ0) is 15.6. The number of piperazine rings is 1. The Hall–Kier alpha value is -2.75. The minimum Gasteiger partial charge on any atom is -0.508 e. The van der Waals surface area contributed by atoms with Crippen LogP contribution in [0.25, 0.3) is 10.9 Å². The van der Waals surface area contributed by atoms with Crippen molar-refractivity contribution in [3.8, 4) is 5.75 Å². The van der Waals surface area contributed by atoms with Crippen molar-refractivity contribution < 1.29 is 5.11 Å².